The van der Waals surface area contributed by atoms with Crippen molar-refractivity contribution in [2.75, 3.05) is 13.7 Å². The van der Waals surface area contributed by atoms with E-state index in [1.165, 1.54) is 29.4 Å². The number of rotatable bonds is 7. The van der Waals surface area contributed by atoms with Crippen molar-refractivity contribution in [2.24, 2.45) is 0 Å². The Labute approximate surface area is 176 Å². The lowest BCUT2D eigenvalue weighted by molar-refractivity contribution is -0.140. The first-order valence-corrected chi connectivity index (χ1v) is 10.1. The minimum Gasteiger partial charge on any atom is -0.469 e. The van der Waals surface area contributed by atoms with Crippen LogP contribution in [-0.4, -0.2) is 35.4 Å². The Balaban J connectivity index is 1.81. The van der Waals surface area contributed by atoms with Gasteiger partial charge in [-0.25, -0.2) is 13.8 Å². The van der Waals surface area contributed by atoms with E-state index in [1.807, 2.05) is 24.4 Å². The van der Waals surface area contributed by atoms with Crippen molar-refractivity contribution < 1.29 is 23.1 Å². The molecule has 3 aromatic rings. The third kappa shape index (κ3) is 5.27. The van der Waals surface area contributed by atoms with E-state index in [1.54, 1.807) is 12.1 Å². The summed E-state index contributed by atoms with van der Waals surface area (Å²) in [5.74, 6) is -2.74. The summed E-state index contributed by atoms with van der Waals surface area (Å²) < 4.78 is 31.4. The molecular formula is C22H20F2N2O3S. The Bertz CT molecular complexity index is 1050. The van der Waals surface area contributed by atoms with Crippen molar-refractivity contribution >= 4 is 23.2 Å². The van der Waals surface area contributed by atoms with Gasteiger partial charge in [0.15, 0.2) is 11.6 Å². The number of ether oxygens (including phenoxy) is 1. The van der Waals surface area contributed by atoms with E-state index in [2.05, 4.69) is 9.72 Å². The highest BCUT2D eigenvalue weighted by molar-refractivity contribution is 7.13. The molecule has 0 N–H and O–H groups in total. The maximum atomic E-state index is 13.6. The number of methoxy groups -OCH3 is 1. The molecule has 30 heavy (non-hydrogen) atoms. The molecule has 0 atom stereocenters. The first-order chi connectivity index (χ1) is 14.4. The molecule has 1 aromatic heterocycles. The number of aryl methyl sites for hydroxylation is 1. The zero-order valence-electron chi connectivity index (χ0n) is 16.5. The van der Waals surface area contributed by atoms with Crippen molar-refractivity contribution in [1.82, 2.24) is 9.88 Å². The summed E-state index contributed by atoms with van der Waals surface area (Å²) in [4.78, 5) is 30.4. The third-order valence-electron chi connectivity index (χ3n) is 4.46. The van der Waals surface area contributed by atoms with Gasteiger partial charge in [0, 0.05) is 35.3 Å². The van der Waals surface area contributed by atoms with Gasteiger partial charge in [0.2, 0.25) is 0 Å². The van der Waals surface area contributed by atoms with E-state index in [0.717, 1.165) is 28.4 Å². The number of halogens is 2. The van der Waals surface area contributed by atoms with Crippen LogP contribution in [-0.2, 0) is 16.1 Å². The Kier molecular flexibility index (Phi) is 6.89. The average Bonchev–Trinajstić information content (AvgIpc) is 3.19. The van der Waals surface area contributed by atoms with Gasteiger partial charge in [0.25, 0.3) is 5.91 Å². The van der Waals surface area contributed by atoms with Gasteiger partial charge in [-0.1, -0.05) is 18.2 Å². The van der Waals surface area contributed by atoms with Crippen LogP contribution >= 0.6 is 11.3 Å². The van der Waals surface area contributed by atoms with Gasteiger partial charge in [-0.05, 0) is 36.8 Å². The molecule has 8 heteroatoms. The Hall–Kier alpha value is -3.13. The Morgan fingerprint density at radius 2 is 1.83 bits per heavy atom. The zero-order valence-corrected chi connectivity index (χ0v) is 17.3. The van der Waals surface area contributed by atoms with Gasteiger partial charge in [-0.3, -0.25) is 9.59 Å². The highest BCUT2D eigenvalue weighted by Crippen LogP contribution is 2.24. The van der Waals surface area contributed by atoms with Crippen molar-refractivity contribution in [3.8, 4) is 10.6 Å². The number of amides is 1. The summed E-state index contributed by atoms with van der Waals surface area (Å²) in [7, 11) is 1.27. The predicted octanol–water partition coefficient (Wildman–Crippen LogP) is 4.60. The number of thiazole rings is 1. The minimum absolute atomic E-state index is 0.0115. The molecule has 0 spiro atoms. The molecule has 0 saturated carbocycles. The third-order valence-corrected chi connectivity index (χ3v) is 5.47. The standard InChI is InChI=1S/C22H20F2N2O3S/c1-14-13-30-21(25-14)16-4-6-17(7-5-16)22(28)26(10-9-20(27)29-2)12-15-3-8-18(23)19(24)11-15/h3-8,11,13H,9-10,12H2,1-2H3. The van der Waals surface area contributed by atoms with Gasteiger partial charge in [-0.15, -0.1) is 11.3 Å². The molecule has 2 aromatic carbocycles. The second-order valence-electron chi connectivity index (χ2n) is 6.67. The number of nitrogens with zero attached hydrogens (tertiary/aromatic N) is 2. The summed E-state index contributed by atoms with van der Waals surface area (Å²) in [6.45, 7) is 2.02. The monoisotopic (exact) mass is 430 g/mol. The van der Waals surface area contributed by atoms with Gasteiger partial charge < -0.3 is 9.64 Å². The Morgan fingerprint density at radius 3 is 2.43 bits per heavy atom. The smallest absolute Gasteiger partial charge is 0.307 e. The lowest BCUT2D eigenvalue weighted by Crippen LogP contribution is -2.32. The molecule has 0 bridgehead atoms. The van der Waals surface area contributed by atoms with Gasteiger partial charge in [0.1, 0.15) is 5.01 Å². The summed E-state index contributed by atoms with van der Waals surface area (Å²) in [5.41, 5.74) is 2.66. The fraction of sp³-hybridized carbons (Fsp3) is 0.227. The molecule has 1 heterocycles. The largest absolute Gasteiger partial charge is 0.469 e. The highest BCUT2D eigenvalue weighted by atomic mass is 32.1. The second-order valence-corrected chi connectivity index (χ2v) is 7.53. The molecule has 0 aliphatic heterocycles. The molecule has 0 aliphatic rings. The van der Waals surface area contributed by atoms with E-state index in [4.69, 9.17) is 0 Å². The summed E-state index contributed by atoms with van der Waals surface area (Å²) in [6.07, 6.45) is -0.0115. The zero-order chi connectivity index (χ0) is 21.7. The summed E-state index contributed by atoms with van der Waals surface area (Å²) in [5, 5.41) is 2.81. The van der Waals surface area contributed by atoms with E-state index in [-0.39, 0.29) is 25.4 Å². The van der Waals surface area contributed by atoms with E-state index >= 15 is 0 Å². The maximum Gasteiger partial charge on any atom is 0.307 e. The normalized spacial score (nSPS) is 10.7. The van der Waals surface area contributed by atoms with Crippen LogP contribution in [0.2, 0.25) is 0 Å². The van der Waals surface area contributed by atoms with Crippen LogP contribution in [0.3, 0.4) is 0 Å². The first kappa shape index (κ1) is 21.6. The van der Waals surface area contributed by atoms with E-state index in [9.17, 15) is 18.4 Å². The quantitative estimate of drug-likeness (QED) is 0.514. The molecule has 0 aliphatic carbocycles. The predicted molar refractivity (Wildman–Crippen MR) is 110 cm³/mol. The van der Waals surface area contributed by atoms with Crippen LogP contribution < -0.4 is 0 Å². The number of esters is 1. The van der Waals surface area contributed by atoms with Gasteiger partial charge in [-0.2, -0.15) is 0 Å². The molecule has 0 unspecified atom stereocenters. The van der Waals surface area contributed by atoms with Crippen LogP contribution in [0, 0.1) is 18.6 Å². The lowest BCUT2D eigenvalue weighted by Gasteiger charge is -2.23. The topological polar surface area (TPSA) is 59.5 Å². The fourth-order valence-electron chi connectivity index (χ4n) is 2.86. The van der Waals surface area contributed by atoms with Crippen LogP contribution in [0.5, 0.6) is 0 Å². The highest BCUT2D eigenvalue weighted by Gasteiger charge is 2.19. The SMILES string of the molecule is COC(=O)CCN(Cc1ccc(F)c(F)c1)C(=O)c1ccc(-c2nc(C)cs2)cc1. The van der Waals surface area contributed by atoms with Crippen LogP contribution in [0.15, 0.2) is 47.8 Å². The van der Waals surface area contributed by atoms with Crippen molar-refractivity contribution in [3.63, 3.8) is 0 Å². The molecule has 0 radical (unpaired) electrons. The second kappa shape index (κ2) is 9.58. The molecule has 0 saturated heterocycles. The van der Waals surface area contributed by atoms with Crippen LogP contribution in [0.1, 0.15) is 28.0 Å². The summed E-state index contributed by atoms with van der Waals surface area (Å²) in [6, 6.07) is 10.4. The van der Waals surface area contributed by atoms with E-state index in [0.29, 0.717) is 11.1 Å². The van der Waals surface area contributed by atoms with Crippen molar-refractivity contribution in [3.05, 3.63) is 76.3 Å². The first-order valence-electron chi connectivity index (χ1n) is 9.20. The number of benzene rings is 2. The molecular weight excluding hydrogens is 410 g/mol. The lowest BCUT2D eigenvalue weighted by atomic mass is 10.1. The number of hydrogen-bond donors (Lipinski definition) is 0. The summed E-state index contributed by atoms with van der Waals surface area (Å²) >= 11 is 1.52. The molecule has 5 nitrogen and oxygen atoms in total. The minimum atomic E-state index is -0.990. The molecule has 0 fully saturated rings. The average molecular weight is 430 g/mol. The fourth-order valence-corrected chi connectivity index (χ4v) is 3.67. The molecule has 1 amide bonds. The van der Waals surface area contributed by atoms with Gasteiger partial charge in [0.05, 0.1) is 13.5 Å². The molecule has 156 valence electrons. The van der Waals surface area contributed by atoms with E-state index < -0.39 is 17.6 Å². The number of carbonyl (C=O) groups is 2. The van der Waals surface area contributed by atoms with Crippen LogP contribution in [0.4, 0.5) is 8.78 Å². The molecule has 3 rings (SSSR count). The number of carbonyl (C=O) groups excluding carboxylic acids is 2. The Morgan fingerprint density at radius 1 is 1.10 bits per heavy atom. The van der Waals surface area contributed by atoms with Crippen molar-refractivity contribution in [1.29, 1.82) is 0 Å². The maximum absolute atomic E-state index is 13.6. The van der Waals surface area contributed by atoms with Crippen molar-refractivity contribution in [2.45, 2.75) is 19.9 Å². The number of hydrogen-bond acceptors (Lipinski definition) is 5. The van der Waals surface area contributed by atoms with Gasteiger partial charge >= 0.3 is 5.97 Å². The van der Waals surface area contributed by atoms with Crippen LogP contribution in [0.25, 0.3) is 10.6 Å². The number of aromatic nitrogens is 1.